The minimum atomic E-state index is 0.383. The Balaban J connectivity index is 2.44. The van der Waals surface area contributed by atoms with Gasteiger partial charge in [0.25, 0.3) is 0 Å². The van der Waals surface area contributed by atoms with Crippen molar-refractivity contribution in [3.63, 3.8) is 0 Å². The summed E-state index contributed by atoms with van der Waals surface area (Å²) in [6.07, 6.45) is 5.49. The molecule has 2 unspecified atom stereocenters. The highest BCUT2D eigenvalue weighted by Gasteiger charge is 2.28. The van der Waals surface area contributed by atoms with Gasteiger partial charge in [0.1, 0.15) is 11.6 Å². The van der Waals surface area contributed by atoms with Gasteiger partial charge in [-0.05, 0) is 55.4 Å². The quantitative estimate of drug-likeness (QED) is 0.819. The molecule has 1 heterocycles. The molecule has 2 rings (SSSR count). The van der Waals surface area contributed by atoms with E-state index in [1.54, 1.807) is 14.2 Å². The van der Waals surface area contributed by atoms with Crippen molar-refractivity contribution in [2.75, 3.05) is 14.2 Å². The van der Waals surface area contributed by atoms with Crippen molar-refractivity contribution in [2.24, 2.45) is 17.8 Å². The Morgan fingerprint density at radius 2 is 1.65 bits per heavy atom. The highest BCUT2D eigenvalue weighted by molar-refractivity contribution is 5.53. The number of methoxy groups -OCH3 is 2. The minimum absolute atomic E-state index is 0.383. The van der Waals surface area contributed by atoms with E-state index >= 15 is 0 Å². The van der Waals surface area contributed by atoms with E-state index in [1.807, 2.05) is 0 Å². The van der Waals surface area contributed by atoms with Gasteiger partial charge in [-0.3, -0.25) is 0 Å². The molecule has 1 aliphatic carbocycles. The Hall–Kier alpha value is -1.76. The zero-order valence-electron chi connectivity index (χ0n) is 15.0. The van der Waals surface area contributed by atoms with Gasteiger partial charge in [0.05, 0.1) is 14.2 Å². The summed E-state index contributed by atoms with van der Waals surface area (Å²) >= 11 is 0. The summed E-state index contributed by atoms with van der Waals surface area (Å²) < 4.78 is 10.8. The first-order valence-corrected chi connectivity index (χ1v) is 8.57. The molecular formula is C19H28N2O2. The van der Waals surface area contributed by atoms with Crippen LogP contribution >= 0.6 is 0 Å². The third-order valence-electron chi connectivity index (χ3n) is 4.96. The van der Waals surface area contributed by atoms with Crippen molar-refractivity contribution in [2.45, 2.75) is 52.9 Å². The summed E-state index contributed by atoms with van der Waals surface area (Å²) in [7, 11) is 3.18. The normalized spacial score (nSPS) is 24.1. The standard InChI is InChI=1S/C19H28N2O2/c1-6-15-16(10-14-8-12(2)7-13(3)9-14)17(11-20)19(23-5)21-18(15)22-4/h12-14H,6-10H2,1-5H3. The summed E-state index contributed by atoms with van der Waals surface area (Å²) in [5, 5.41) is 9.64. The Labute approximate surface area is 139 Å². The van der Waals surface area contributed by atoms with E-state index in [-0.39, 0.29) is 0 Å². The Morgan fingerprint density at radius 1 is 1.04 bits per heavy atom. The fraction of sp³-hybridized carbons (Fsp3) is 0.684. The summed E-state index contributed by atoms with van der Waals surface area (Å²) in [5.74, 6) is 3.10. The lowest BCUT2D eigenvalue weighted by atomic mass is 9.74. The van der Waals surface area contributed by atoms with Crippen molar-refractivity contribution in [3.05, 3.63) is 16.7 Å². The summed E-state index contributed by atoms with van der Waals surface area (Å²) in [5.41, 5.74) is 2.71. The van der Waals surface area contributed by atoms with Crippen molar-refractivity contribution in [1.82, 2.24) is 4.98 Å². The van der Waals surface area contributed by atoms with Gasteiger partial charge in [-0.25, -0.2) is 0 Å². The van der Waals surface area contributed by atoms with Crippen LogP contribution in [0.5, 0.6) is 11.8 Å². The molecular weight excluding hydrogens is 288 g/mol. The van der Waals surface area contributed by atoms with Crippen LogP contribution in [0.3, 0.4) is 0 Å². The average Bonchev–Trinajstić information content (AvgIpc) is 2.52. The topological polar surface area (TPSA) is 55.1 Å². The van der Waals surface area contributed by atoms with E-state index in [1.165, 1.54) is 19.3 Å². The van der Waals surface area contributed by atoms with Crippen LogP contribution in [0.4, 0.5) is 0 Å². The van der Waals surface area contributed by atoms with E-state index in [0.29, 0.717) is 23.2 Å². The van der Waals surface area contributed by atoms with Crippen LogP contribution in [0, 0.1) is 29.1 Å². The van der Waals surface area contributed by atoms with Crippen LogP contribution in [-0.4, -0.2) is 19.2 Å². The zero-order valence-corrected chi connectivity index (χ0v) is 15.0. The Kier molecular flexibility index (Phi) is 5.87. The van der Waals surface area contributed by atoms with Crippen LogP contribution in [0.25, 0.3) is 0 Å². The molecule has 0 bridgehead atoms. The van der Waals surface area contributed by atoms with Gasteiger partial charge in [-0.1, -0.05) is 20.8 Å². The Bertz CT molecular complexity index is 582. The average molecular weight is 316 g/mol. The molecule has 0 N–H and O–H groups in total. The van der Waals surface area contributed by atoms with Gasteiger partial charge < -0.3 is 9.47 Å². The molecule has 1 fully saturated rings. The maximum Gasteiger partial charge on any atom is 0.235 e. The molecule has 1 aliphatic rings. The molecule has 2 atom stereocenters. The number of nitriles is 1. The van der Waals surface area contributed by atoms with Crippen molar-refractivity contribution in [1.29, 1.82) is 5.26 Å². The summed E-state index contributed by atoms with van der Waals surface area (Å²) in [4.78, 5) is 4.37. The first-order valence-electron chi connectivity index (χ1n) is 8.57. The molecule has 0 amide bonds. The molecule has 0 radical (unpaired) electrons. The monoisotopic (exact) mass is 316 g/mol. The molecule has 0 saturated heterocycles. The second-order valence-electron chi connectivity index (χ2n) is 6.92. The zero-order chi connectivity index (χ0) is 17.0. The van der Waals surface area contributed by atoms with Crippen LogP contribution in [0.2, 0.25) is 0 Å². The Morgan fingerprint density at radius 3 is 2.13 bits per heavy atom. The predicted octanol–water partition coefficient (Wildman–Crippen LogP) is 4.15. The van der Waals surface area contributed by atoms with Crippen LogP contribution in [-0.2, 0) is 12.8 Å². The number of hydrogen-bond donors (Lipinski definition) is 0. The largest absolute Gasteiger partial charge is 0.481 e. The molecule has 1 aromatic rings. The summed E-state index contributed by atoms with van der Waals surface area (Å²) in [6.45, 7) is 6.76. The van der Waals surface area contributed by atoms with Crippen LogP contribution in [0.15, 0.2) is 0 Å². The SMILES string of the molecule is CCc1c(OC)nc(OC)c(C#N)c1CC1CC(C)CC(C)C1. The number of ether oxygens (including phenoxy) is 2. The van der Waals surface area contributed by atoms with Gasteiger partial charge in [-0.2, -0.15) is 10.2 Å². The van der Waals surface area contributed by atoms with E-state index in [0.717, 1.165) is 35.8 Å². The molecule has 0 aliphatic heterocycles. The van der Waals surface area contributed by atoms with Gasteiger partial charge in [-0.15, -0.1) is 0 Å². The predicted molar refractivity (Wildman–Crippen MR) is 90.8 cm³/mol. The maximum atomic E-state index is 9.64. The fourth-order valence-electron chi connectivity index (χ4n) is 4.22. The lowest BCUT2D eigenvalue weighted by molar-refractivity contribution is 0.217. The molecule has 1 saturated carbocycles. The molecule has 1 aromatic heterocycles. The lowest BCUT2D eigenvalue weighted by Gasteiger charge is -2.32. The highest BCUT2D eigenvalue weighted by atomic mass is 16.5. The third-order valence-corrected chi connectivity index (χ3v) is 4.96. The maximum absolute atomic E-state index is 9.64. The smallest absolute Gasteiger partial charge is 0.235 e. The molecule has 23 heavy (non-hydrogen) atoms. The van der Waals surface area contributed by atoms with Gasteiger partial charge in [0.15, 0.2) is 0 Å². The number of aromatic nitrogens is 1. The molecule has 0 spiro atoms. The molecule has 126 valence electrons. The number of hydrogen-bond acceptors (Lipinski definition) is 4. The first-order chi connectivity index (χ1) is 11.0. The number of pyridine rings is 1. The highest BCUT2D eigenvalue weighted by Crippen LogP contribution is 2.38. The molecule has 4 heteroatoms. The molecule has 0 aromatic carbocycles. The van der Waals surface area contributed by atoms with Crippen molar-refractivity contribution < 1.29 is 9.47 Å². The number of nitrogens with zero attached hydrogens (tertiary/aromatic N) is 2. The second kappa shape index (κ2) is 7.68. The van der Waals surface area contributed by atoms with Gasteiger partial charge in [0, 0.05) is 5.56 Å². The van der Waals surface area contributed by atoms with Gasteiger partial charge >= 0.3 is 0 Å². The lowest BCUT2D eigenvalue weighted by Crippen LogP contribution is -2.22. The van der Waals surface area contributed by atoms with Gasteiger partial charge in [0.2, 0.25) is 11.8 Å². The molecule has 4 nitrogen and oxygen atoms in total. The van der Waals surface area contributed by atoms with E-state index in [9.17, 15) is 5.26 Å². The van der Waals surface area contributed by atoms with Crippen molar-refractivity contribution >= 4 is 0 Å². The van der Waals surface area contributed by atoms with Crippen LogP contribution in [0.1, 0.15) is 56.7 Å². The number of rotatable bonds is 5. The minimum Gasteiger partial charge on any atom is -0.481 e. The van der Waals surface area contributed by atoms with E-state index in [4.69, 9.17) is 9.47 Å². The third kappa shape index (κ3) is 3.77. The van der Waals surface area contributed by atoms with E-state index < -0.39 is 0 Å². The summed E-state index contributed by atoms with van der Waals surface area (Å²) in [6, 6.07) is 2.31. The van der Waals surface area contributed by atoms with Crippen molar-refractivity contribution in [3.8, 4) is 17.8 Å². The van der Waals surface area contributed by atoms with Crippen LogP contribution < -0.4 is 9.47 Å². The fourth-order valence-corrected chi connectivity index (χ4v) is 4.22. The van der Waals surface area contributed by atoms with E-state index in [2.05, 4.69) is 31.8 Å². The first kappa shape index (κ1) is 17.6. The second-order valence-corrected chi connectivity index (χ2v) is 6.92.